The number of rotatable bonds is 3. The van der Waals surface area contributed by atoms with Crippen molar-refractivity contribution in [3.05, 3.63) is 48.0 Å². The molecule has 2 aromatic rings. The number of aryl methyl sites for hydroxylation is 1. The zero-order valence-electron chi connectivity index (χ0n) is 9.94. The number of hydrogen-bond donors (Lipinski definition) is 1. The highest BCUT2D eigenvalue weighted by Crippen LogP contribution is 2.32. The summed E-state index contributed by atoms with van der Waals surface area (Å²) in [5.41, 5.74) is 7.81. The molecule has 0 aliphatic carbocycles. The molecule has 2 rings (SSSR count). The molecule has 2 nitrogen and oxygen atoms in total. The molecular weight excluding hydrogens is 230 g/mol. The molecule has 0 radical (unpaired) electrons. The van der Waals surface area contributed by atoms with Crippen molar-refractivity contribution >= 4 is 17.4 Å². The molecule has 0 fully saturated rings. The highest BCUT2D eigenvalue weighted by molar-refractivity contribution is 7.99. The Hall–Kier alpha value is -1.61. The fourth-order valence-electron chi connectivity index (χ4n) is 1.52. The monoisotopic (exact) mass is 245 g/mol. The van der Waals surface area contributed by atoms with Crippen LogP contribution in [0.3, 0.4) is 0 Å². The van der Waals surface area contributed by atoms with Crippen LogP contribution < -0.4 is 10.5 Å². The third-order valence-corrected chi connectivity index (χ3v) is 3.46. The van der Waals surface area contributed by atoms with Gasteiger partial charge in [-0.15, -0.1) is 0 Å². The standard InChI is InChI=1S/C14H15NOS/c1-10-3-5-11(6-4-10)17-12-7-8-14(16-2)13(15)9-12/h3-9H,15H2,1-2H3. The van der Waals surface area contributed by atoms with Gasteiger partial charge in [0.2, 0.25) is 0 Å². The average molecular weight is 245 g/mol. The minimum Gasteiger partial charge on any atom is -0.495 e. The summed E-state index contributed by atoms with van der Waals surface area (Å²) in [5, 5.41) is 0. The van der Waals surface area contributed by atoms with Gasteiger partial charge >= 0.3 is 0 Å². The molecule has 0 bridgehead atoms. The maximum atomic E-state index is 5.87. The predicted octanol–water partition coefficient (Wildman–Crippen LogP) is 3.74. The minimum atomic E-state index is 0.671. The Kier molecular flexibility index (Phi) is 3.59. The van der Waals surface area contributed by atoms with Crippen LogP contribution in [0.2, 0.25) is 0 Å². The van der Waals surface area contributed by atoms with Crippen molar-refractivity contribution in [1.29, 1.82) is 0 Å². The fraction of sp³-hybridized carbons (Fsp3) is 0.143. The van der Waals surface area contributed by atoms with Crippen molar-refractivity contribution in [2.75, 3.05) is 12.8 Å². The largest absolute Gasteiger partial charge is 0.495 e. The van der Waals surface area contributed by atoms with Crippen LogP contribution in [-0.2, 0) is 0 Å². The van der Waals surface area contributed by atoms with Crippen molar-refractivity contribution < 1.29 is 4.74 Å². The molecule has 2 aromatic carbocycles. The van der Waals surface area contributed by atoms with Crippen LogP contribution >= 0.6 is 11.8 Å². The molecule has 0 amide bonds. The van der Waals surface area contributed by atoms with E-state index in [0.717, 1.165) is 10.6 Å². The fourth-order valence-corrected chi connectivity index (χ4v) is 2.38. The number of benzene rings is 2. The molecule has 2 N–H and O–H groups in total. The smallest absolute Gasteiger partial charge is 0.141 e. The van der Waals surface area contributed by atoms with E-state index in [2.05, 4.69) is 31.2 Å². The van der Waals surface area contributed by atoms with Crippen LogP contribution in [0.15, 0.2) is 52.3 Å². The lowest BCUT2D eigenvalue weighted by Crippen LogP contribution is -1.91. The van der Waals surface area contributed by atoms with Crippen LogP contribution in [0.25, 0.3) is 0 Å². The van der Waals surface area contributed by atoms with Gasteiger partial charge in [0.05, 0.1) is 12.8 Å². The number of nitrogens with two attached hydrogens (primary N) is 1. The molecule has 0 aliphatic heterocycles. The minimum absolute atomic E-state index is 0.671. The van der Waals surface area contributed by atoms with Gasteiger partial charge in [-0.3, -0.25) is 0 Å². The molecule has 0 aliphatic rings. The van der Waals surface area contributed by atoms with E-state index in [0.29, 0.717) is 5.69 Å². The number of ether oxygens (including phenoxy) is 1. The van der Waals surface area contributed by atoms with Gasteiger partial charge in [0.15, 0.2) is 0 Å². The summed E-state index contributed by atoms with van der Waals surface area (Å²) >= 11 is 1.69. The Morgan fingerprint density at radius 3 is 2.24 bits per heavy atom. The summed E-state index contributed by atoms with van der Waals surface area (Å²) in [7, 11) is 1.62. The number of hydrogen-bond acceptors (Lipinski definition) is 3. The number of anilines is 1. The third kappa shape index (κ3) is 2.94. The van der Waals surface area contributed by atoms with Gasteiger partial charge < -0.3 is 10.5 Å². The summed E-state index contributed by atoms with van der Waals surface area (Å²) in [6.45, 7) is 2.08. The molecular formula is C14H15NOS. The first-order chi connectivity index (χ1) is 8.19. The summed E-state index contributed by atoms with van der Waals surface area (Å²) in [5.74, 6) is 0.721. The summed E-state index contributed by atoms with van der Waals surface area (Å²) < 4.78 is 5.13. The molecule has 88 valence electrons. The normalized spacial score (nSPS) is 10.2. The lowest BCUT2D eigenvalue weighted by atomic mass is 10.2. The van der Waals surface area contributed by atoms with E-state index in [-0.39, 0.29) is 0 Å². The topological polar surface area (TPSA) is 35.2 Å². The Labute approximate surface area is 106 Å². The first kappa shape index (κ1) is 11.9. The van der Waals surface area contributed by atoms with Crippen LogP contribution in [0.4, 0.5) is 5.69 Å². The Bertz CT molecular complexity index is 508. The second kappa shape index (κ2) is 5.15. The molecule has 0 saturated carbocycles. The van der Waals surface area contributed by atoms with E-state index >= 15 is 0 Å². The molecule has 0 aromatic heterocycles. The van der Waals surface area contributed by atoms with Gasteiger partial charge in [0.1, 0.15) is 5.75 Å². The third-order valence-electron chi connectivity index (χ3n) is 2.46. The molecule has 3 heteroatoms. The Balaban J connectivity index is 2.19. The van der Waals surface area contributed by atoms with Crippen LogP contribution in [0.5, 0.6) is 5.75 Å². The van der Waals surface area contributed by atoms with E-state index in [1.165, 1.54) is 10.5 Å². The highest BCUT2D eigenvalue weighted by Gasteiger charge is 2.02. The molecule has 0 spiro atoms. The maximum absolute atomic E-state index is 5.87. The molecule has 0 heterocycles. The van der Waals surface area contributed by atoms with Crippen LogP contribution in [0, 0.1) is 6.92 Å². The molecule has 0 saturated heterocycles. The first-order valence-electron chi connectivity index (χ1n) is 5.37. The first-order valence-corrected chi connectivity index (χ1v) is 6.19. The number of methoxy groups -OCH3 is 1. The van der Waals surface area contributed by atoms with E-state index in [4.69, 9.17) is 10.5 Å². The number of nitrogen functional groups attached to an aromatic ring is 1. The quantitative estimate of drug-likeness (QED) is 0.837. The summed E-state index contributed by atoms with van der Waals surface area (Å²) in [6, 6.07) is 14.3. The van der Waals surface area contributed by atoms with Gasteiger partial charge in [0, 0.05) is 9.79 Å². The predicted molar refractivity (Wildman–Crippen MR) is 72.7 cm³/mol. The van der Waals surface area contributed by atoms with Crippen molar-refractivity contribution in [1.82, 2.24) is 0 Å². The molecule has 17 heavy (non-hydrogen) atoms. The van der Waals surface area contributed by atoms with Gasteiger partial charge in [0.25, 0.3) is 0 Å². The van der Waals surface area contributed by atoms with Crippen molar-refractivity contribution in [3.8, 4) is 5.75 Å². The summed E-state index contributed by atoms with van der Waals surface area (Å²) in [6.07, 6.45) is 0. The highest BCUT2D eigenvalue weighted by atomic mass is 32.2. The Morgan fingerprint density at radius 2 is 1.65 bits per heavy atom. The van der Waals surface area contributed by atoms with Gasteiger partial charge in [-0.2, -0.15) is 0 Å². The van der Waals surface area contributed by atoms with E-state index < -0.39 is 0 Å². The zero-order valence-corrected chi connectivity index (χ0v) is 10.8. The van der Waals surface area contributed by atoms with E-state index in [1.54, 1.807) is 18.9 Å². The summed E-state index contributed by atoms with van der Waals surface area (Å²) in [4.78, 5) is 2.33. The van der Waals surface area contributed by atoms with Crippen molar-refractivity contribution in [2.45, 2.75) is 16.7 Å². The second-order valence-electron chi connectivity index (χ2n) is 3.82. The lowest BCUT2D eigenvalue weighted by molar-refractivity contribution is 0.416. The zero-order chi connectivity index (χ0) is 12.3. The molecule has 0 atom stereocenters. The van der Waals surface area contributed by atoms with E-state index in [9.17, 15) is 0 Å². The maximum Gasteiger partial charge on any atom is 0.141 e. The second-order valence-corrected chi connectivity index (χ2v) is 4.97. The SMILES string of the molecule is COc1ccc(Sc2ccc(C)cc2)cc1N. The average Bonchev–Trinajstić information content (AvgIpc) is 2.32. The lowest BCUT2D eigenvalue weighted by Gasteiger charge is -2.07. The van der Waals surface area contributed by atoms with Crippen molar-refractivity contribution in [2.24, 2.45) is 0 Å². The molecule has 0 unspecified atom stereocenters. The van der Waals surface area contributed by atoms with Crippen LogP contribution in [0.1, 0.15) is 5.56 Å². The van der Waals surface area contributed by atoms with Gasteiger partial charge in [-0.25, -0.2) is 0 Å². The van der Waals surface area contributed by atoms with Gasteiger partial charge in [-0.1, -0.05) is 29.5 Å². The van der Waals surface area contributed by atoms with Gasteiger partial charge in [-0.05, 0) is 37.3 Å². The van der Waals surface area contributed by atoms with E-state index in [1.807, 2.05) is 18.2 Å². The Morgan fingerprint density at radius 1 is 1.00 bits per heavy atom. The van der Waals surface area contributed by atoms with Crippen molar-refractivity contribution in [3.63, 3.8) is 0 Å². The van der Waals surface area contributed by atoms with Crippen LogP contribution in [-0.4, -0.2) is 7.11 Å².